The molecule has 2 fully saturated rings. The van der Waals surface area contributed by atoms with Crippen LogP contribution in [0.2, 0.25) is 0 Å². The predicted octanol–water partition coefficient (Wildman–Crippen LogP) is 4.02. The van der Waals surface area contributed by atoms with Gasteiger partial charge in [-0.3, -0.25) is 9.69 Å². The third-order valence-corrected chi connectivity index (χ3v) is 7.14. The van der Waals surface area contributed by atoms with Gasteiger partial charge in [0.25, 0.3) is 0 Å². The van der Waals surface area contributed by atoms with Crippen LogP contribution in [0.5, 0.6) is 0 Å². The molecule has 0 unspecified atom stereocenters. The Hall–Kier alpha value is -2.61. The Balaban J connectivity index is 1.28. The van der Waals surface area contributed by atoms with Gasteiger partial charge in [-0.25, -0.2) is 0 Å². The van der Waals surface area contributed by atoms with Crippen LogP contribution in [0.1, 0.15) is 30.5 Å². The molecule has 2 aliphatic heterocycles. The lowest BCUT2D eigenvalue weighted by Crippen LogP contribution is -2.40. The summed E-state index contributed by atoms with van der Waals surface area (Å²) in [6, 6.07) is 18.9. The summed E-state index contributed by atoms with van der Waals surface area (Å²) in [5.41, 5.74) is 4.29. The third-order valence-electron chi connectivity index (χ3n) is 6.64. The molecule has 7 heteroatoms. The van der Waals surface area contributed by atoms with Crippen LogP contribution in [0.4, 0.5) is 0 Å². The van der Waals surface area contributed by atoms with E-state index >= 15 is 0 Å². The average Bonchev–Trinajstić information content (AvgIpc) is 3.41. The van der Waals surface area contributed by atoms with Crippen molar-refractivity contribution >= 4 is 17.4 Å². The van der Waals surface area contributed by atoms with Crippen molar-refractivity contribution in [2.75, 3.05) is 32.8 Å². The van der Waals surface area contributed by atoms with Crippen molar-refractivity contribution in [3.63, 3.8) is 0 Å². The first-order valence-corrected chi connectivity index (χ1v) is 12.0. The monoisotopic (exact) mass is 448 g/mol. The van der Waals surface area contributed by atoms with Gasteiger partial charge in [-0.05, 0) is 29.6 Å². The van der Waals surface area contributed by atoms with E-state index in [9.17, 15) is 4.79 Å². The first kappa shape index (κ1) is 21.2. The maximum Gasteiger partial charge on any atom is 0.223 e. The van der Waals surface area contributed by atoms with Crippen molar-refractivity contribution in [3.8, 4) is 11.3 Å². The van der Waals surface area contributed by atoms with Crippen LogP contribution in [0.25, 0.3) is 11.3 Å². The minimum atomic E-state index is -0.150. The van der Waals surface area contributed by atoms with Gasteiger partial charge in [0.1, 0.15) is 5.69 Å². The van der Waals surface area contributed by atoms with E-state index in [1.165, 1.54) is 22.7 Å². The number of likely N-dealkylation sites (tertiary alicyclic amines) is 1. The molecule has 2 aliphatic rings. The minimum absolute atomic E-state index is 0.0764. The fourth-order valence-electron chi connectivity index (χ4n) is 4.94. The lowest BCUT2D eigenvalue weighted by Gasteiger charge is -2.33. The van der Waals surface area contributed by atoms with Crippen molar-refractivity contribution in [2.45, 2.75) is 25.9 Å². The molecule has 5 rings (SSSR count). The van der Waals surface area contributed by atoms with E-state index in [2.05, 4.69) is 57.8 Å². The van der Waals surface area contributed by atoms with Crippen LogP contribution in [0, 0.1) is 5.41 Å². The number of amides is 1. The molecule has 1 spiro atoms. The molecule has 3 heterocycles. The third kappa shape index (κ3) is 4.46. The number of aromatic nitrogens is 2. The summed E-state index contributed by atoms with van der Waals surface area (Å²) in [5, 5.41) is 6.11. The standard InChI is InChI=1S/C25H28N4O2S/c1-19(21-5-3-2-4-6-21)29-17-25(13-24(29)30)16-28(11-12-31-18-25)14-20-7-9-22(10-8-20)23-15-32-27-26-23/h2-10,15,19H,11-14,16-18H2,1H3/t19-,25+/m0/s1. The second kappa shape index (κ2) is 9.10. The van der Waals surface area contributed by atoms with E-state index in [1.54, 1.807) is 0 Å². The average molecular weight is 449 g/mol. The van der Waals surface area contributed by atoms with Gasteiger partial charge in [-0.15, -0.1) is 5.10 Å². The van der Waals surface area contributed by atoms with E-state index in [0.717, 1.165) is 37.4 Å². The summed E-state index contributed by atoms with van der Waals surface area (Å²) in [6.07, 6.45) is 0.552. The van der Waals surface area contributed by atoms with Gasteiger partial charge in [0, 0.05) is 49.0 Å². The summed E-state index contributed by atoms with van der Waals surface area (Å²) in [7, 11) is 0. The largest absolute Gasteiger partial charge is 0.379 e. The highest BCUT2D eigenvalue weighted by Gasteiger charge is 2.46. The van der Waals surface area contributed by atoms with E-state index < -0.39 is 0 Å². The van der Waals surface area contributed by atoms with Crippen molar-refractivity contribution in [3.05, 3.63) is 71.1 Å². The maximum absolute atomic E-state index is 13.0. The van der Waals surface area contributed by atoms with Crippen molar-refractivity contribution < 1.29 is 9.53 Å². The number of carbonyl (C=O) groups is 1. The molecule has 3 aromatic rings. The Morgan fingerprint density at radius 2 is 1.94 bits per heavy atom. The molecule has 0 bridgehead atoms. The Bertz CT molecular complexity index is 1040. The van der Waals surface area contributed by atoms with Gasteiger partial charge in [0.05, 0.1) is 19.3 Å². The Morgan fingerprint density at radius 3 is 2.69 bits per heavy atom. The summed E-state index contributed by atoms with van der Waals surface area (Å²) in [4.78, 5) is 17.5. The van der Waals surface area contributed by atoms with E-state index in [0.29, 0.717) is 19.6 Å². The Morgan fingerprint density at radius 1 is 1.12 bits per heavy atom. The highest BCUT2D eigenvalue weighted by molar-refractivity contribution is 7.03. The number of rotatable bonds is 5. The first-order chi connectivity index (χ1) is 15.6. The smallest absolute Gasteiger partial charge is 0.223 e. The molecular formula is C25H28N4O2S. The zero-order valence-electron chi connectivity index (χ0n) is 18.3. The molecule has 0 saturated carbocycles. The molecule has 2 atom stereocenters. The van der Waals surface area contributed by atoms with Gasteiger partial charge in [-0.1, -0.05) is 59.1 Å². The first-order valence-electron chi connectivity index (χ1n) is 11.1. The predicted molar refractivity (Wildman–Crippen MR) is 125 cm³/mol. The van der Waals surface area contributed by atoms with Crippen LogP contribution >= 0.6 is 11.5 Å². The van der Waals surface area contributed by atoms with Crippen LogP contribution in [-0.2, 0) is 16.1 Å². The maximum atomic E-state index is 13.0. The fourth-order valence-corrected chi connectivity index (χ4v) is 5.41. The second-order valence-electron chi connectivity index (χ2n) is 9.04. The highest BCUT2D eigenvalue weighted by atomic mass is 32.1. The van der Waals surface area contributed by atoms with E-state index in [-0.39, 0.29) is 17.4 Å². The van der Waals surface area contributed by atoms with Crippen LogP contribution in [0.3, 0.4) is 0 Å². The van der Waals surface area contributed by atoms with Crippen molar-refractivity contribution in [1.29, 1.82) is 0 Å². The Kier molecular flexibility index (Phi) is 6.04. The summed E-state index contributed by atoms with van der Waals surface area (Å²) in [6.45, 7) is 6.81. The zero-order chi connectivity index (χ0) is 22.0. The van der Waals surface area contributed by atoms with Gasteiger partial charge in [0.15, 0.2) is 0 Å². The fraction of sp³-hybridized carbons (Fsp3) is 0.400. The summed E-state index contributed by atoms with van der Waals surface area (Å²) >= 11 is 1.37. The van der Waals surface area contributed by atoms with Crippen LogP contribution < -0.4 is 0 Å². The highest BCUT2D eigenvalue weighted by Crippen LogP contribution is 2.38. The topological polar surface area (TPSA) is 58.6 Å². The molecule has 0 N–H and O–H groups in total. The minimum Gasteiger partial charge on any atom is -0.379 e. The SMILES string of the molecule is C[C@@H](c1ccccc1)N1C[C@@]2(COCCN(Cc3ccc(-c4csnn4)cc3)C2)CC1=O. The summed E-state index contributed by atoms with van der Waals surface area (Å²) in [5.74, 6) is 0.230. The number of carbonyl (C=O) groups excluding carboxylic acids is 1. The zero-order valence-corrected chi connectivity index (χ0v) is 19.1. The van der Waals surface area contributed by atoms with Crippen LogP contribution in [-0.4, -0.2) is 58.1 Å². The molecule has 1 amide bonds. The van der Waals surface area contributed by atoms with Gasteiger partial charge in [0.2, 0.25) is 5.91 Å². The molecular weight excluding hydrogens is 420 g/mol. The number of nitrogens with zero attached hydrogens (tertiary/aromatic N) is 4. The summed E-state index contributed by atoms with van der Waals surface area (Å²) < 4.78 is 9.96. The number of hydrogen-bond acceptors (Lipinski definition) is 6. The van der Waals surface area contributed by atoms with Crippen LogP contribution in [0.15, 0.2) is 60.0 Å². The molecule has 0 aliphatic carbocycles. The molecule has 1 aromatic heterocycles. The van der Waals surface area contributed by atoms with Gasteiger partial charge < -0.3 is 9.64 Å². The molecule has 32 heavy (non-hydrogen) atoms. The van der Waals surface area contributed by atoms with E-state index in [1.807, 2.05) is 28.5 Å². The Labute approximate surface area is 193 Å². The quantitative estimate of drug-likeness (QED) is 0.590. The molecule has 2 saturated heterocycles. The van der Waals surface area contributed by atoms with Gasteiger partial charge in [-0.2, -0.15) is 0 Å². The molecule has 2 aromatic carbocycles. The number of benzene rings is 2. The number of ether oxygens (including phenoxy) is 1. The van der Waals surface area contributed by atoms with Gasteiger partial charge >= 0.3 is 0 Å². The molecule has 0 radical (unpaired) electrons. The molecule has 166 valence electrons. The number of hydrogen-bond donors (Lipinski definition) is 0. The lowest BCUT2D eigenvalue weighted by atomic mass is 9.87. The van der Waals surface area contributed by atoms with E-state index in [4.69, 9.17) is 4.74 Å². The van der Waals surface area contributed by atoms with Crippen molar-refractivity contribution in [1.82, 2.24) is 19.4 Å². The van der Waals surface area contributed by atoms with Crippen molar-refractivity contribution in [2.24, 2.45) is 5.41 Å². The second-order valence-corrected chi connectivity index (χ2v) is 9.65. The molecule has 6 nitrogen and oxygen atoms in total. The normalized spacial score (nSPS) is 22.9. The lowest BCUT2D eigenvalue weighted by molar-refractivity contribution is -0.129.